The Kier molecular flexibility index (Phi) is 5.86. The lowest BCUT2D eigenvalue weighted by atomic mass is 10.1. The van der Waals surface area contributed by atoms with Gasteiger partial charge in [0, 0.05) is 26.2 Å². The van der Waals surface area contributed by atoms with Crippen molar-refractivity contribution in [3.05, 3.63) is 0 Å². The van der Waals surface area contributed by atoms with E-state index in [1.807, 2.05) is 13.8 Å². The van der Waals surface area contributed by atoms with Crippen LogP contribution in [-0.2, 0) is 9.16 Å². The normalized spacial score (nSPS) is 17.8. The third kappa shape index (κ3) is 5.60. The molecule has 1 saturated heterocycles. The number of nitrogens with one attached hydrogen (secondary N) is 1. The third-order valence-electron chi connectivity index (χ3n) is 4.33. The van der Waals surface area contributed by atoms with E-state index in [9.17, 15) is 4.79 Å². The Balaban J connectivity index is 2.51. The summed E-state index contributed by atoms with van der Waals surface area (Å²) in [5.74, 6) is 0. The van der Waals surface area contributed by atoms with Crippen LogP contribution in [0.5, 0.6) is 0 Å². The highest BCUT2D eigenvalue weighted by Gasteiger charge is 2.39. The van der Waals surface area contributed by atoms with E-state index in [2.05, 4.69) is 39.2 Å². The van der Waals surface area contributed by atoms with Gasteiger partial charge in [-0.15, -0.1) is 0 Å². The average Bonchev–Trinajstić information content (AvgIpc) is 2.36. The zero-order valence-corrected chi connectivity index (χ0v) is 15.7. The van der Waals surface area contributed by atoms with Gasteiger partial charge in [-0.1, -0.05) is 20.8 Å². The van der Waals surface area contributed by atoms with E-state index < -0.39 is 13.9 Å². The Bertz CT molecular complexity index is 358. The quantitative estimate of drug-likeness (QED) is 0.810. The van der Waals surface area contributed by atoms with Crippen LogP contribution in [-0.4, -0.2) is 57.7 Å². The van der Waals surface area contributed by atoms with Crippen LogP contribution in [0, 0.1) is 0 Å². The van der Waals surface area contributed by atoms with Gasteiger partial charge in [0.2, 0.25) is 0 Å². The summed E-state index contributed by atoms with van der Waals surface area (Å²) in [4.78, 5) is 13.9. The van der Waals surface area contributed by atoms with Crippen molar-refractivity contribution in [1.82, 2.24) is 10.2 Å². The molecule has 6 heteroatoms. The van der Waals surface area contributed by atoms with Crippen LogP contribution in [0.2, 0.25) is 18.1 Å². The second-order valence-electron chi connectivity index (χ2n) is 7.91. The summed E-state index contributed by atoms with van der Waals surface area (Å²) in [5.41, 5.74) is -0.600. The molecule has 0 radical (unpaired) electrons. The molecule has 1 aliphatic heterocycles. The molecule has 1 fully saturated rings. The summed E-state index contributed by atoms with van der Waals surface area (Å²) < 4.78 is 11.8. The van der Waals surface area contributed by atoms with Crippen LogP contribution >= 0.6 is 0 Å². The first kappa shape index (κ1) is 18.5. The molecule has 5 nitrogen and oxygen atoms in total. The van der Waals surface area contributed by atoms with Crippen molar-refractivity contribution in [2.45, 2.75) is 58.4 Å². The Morgan fingerprint density at radius 3 is 2.14 bits per heavy atom. The Morgan fingerprint density at radius 1 is 1.14 bits per heavy atom. The van der Waals surface area contributed by atoms with E-state index in [1.165, 1.54) is 0 Å². The van der Waals surface area contributed by atoms with E-state index in [0.29, 0.717) is 19.7 Å². The highest BCUT2D eigenvalue weighted by molar-refractivity contribution is 6.74. The molecular weight excluding hydrogens is 284 g/mol. The van der Waals surface area contributed by atoms with Crippen molar-refractivity contribution >= 4 is 14.4 Å². The third-order valence-corrected chi connectivity index (χ3v) is 8.80. The molecule has 0 saturated carbocycles. The monoisotopic (exact) mass is 316 g/mol. The summed E-state index contributed by atoms with van der Waals surface area (Å²) in [6.07, 6.45) is -0.236. The standard InChI is InChI=1S/C15H32N2O3Si/c1-14(2,3)21(6,7)19-12-15(4,5)20-13(18)17-10-8-16-9-11-17/h16H,8-12H2,1-7H3. The molecule has 0 aromatic rings. The van der Waals surface area contributed by atoms with Gasteiger partial charge in [-0.05, 0) is 32.0 Å². The van der Waals surface area contributed by atoms with Gasteiger partial charge in [-0.25, -0.2) is 4.79 Å². The molecule has 1 N–H and O–H groups in total. The number of hydrogen-bond donors (Lipinski definition) is 1. The van der Waals surface area contributed by atoms with Crippen LogP contribution in [0.15, 0.2) is 0 Å². The van der Waals surface area contributed by atoms with Gasteiger partial charge in [-0.2, -0.15) is 0 Å². The largest absolute Gasteiger partial charge is 0.441 e. The van der Waals surface area contributed by atoms with E-state index in [4.69, 9.17) is 9.16 Å². The molecule has 21 heavy (non-hydrogen) atoms. The van der Waals surface area contributed by atoms with E-state index in [-0.39, 0.29) is 11.1 Å². The van der Waals surface area contributed by atoms with Crippen molar-refractivity contribution in [2.24, 2.45) is 0 Å². The number of piperazine rings is 1. The lowest BCUT2D eigenvalue weighted by Gasteiger charge is -2.39. The Labute approximate surface area is 130 Å². The molecule has 0 bridgehead atoms. The number of hydrogen-bond acceptors (Lipinski definition) is 4. The molecule has 0 aromatic heterocycles. The van der Waals surface area contributed by atoms with Crippen molar-refractivity contribution in [3.63, 3.8) is 0 Å². The Morgan fingerprint density at radius 2 is 1.67 bits per heavy atom. The summed E-state index contributed by atoms with van der Waals surface area (Å²) in [6, 6.07) is 0. The summed E-state index contributed by atoms with van der Waals surface area (Å²) >= 11 is 0. The fraction of sp³-hybridized carbons (Fsp3) is 0.933. The molecule has 0 unspecified atom stereocenters. The number of amides is 1. The van der Waals surface area contributed by atoms with Gasteiger partial charge >= 0.3 is 6.09 Å². The smallest absolute Gasteiger partial charge is 0.410 e. The first-order valence-electron chi connectivity index (χ1n) is 7.77. The van der Waals surface area contributed by atoms with Crippen molar-refractivity contribution in [3.8, 4) is 0 Å². The molecule has 0 atom stereocenters. The van der Waals surface area contributed by atoms with E-state index in [1.54, 1.807) is 4.90 Å². The molecule has 1 rings (SSSR count). The number of carbonyl (C=O) groups is 1. The molecular formula is C15H32N2O3Si. The number of carbonyl (C=O) groups excluding carboxylic acids is 1. The maximum Gasteiger partial charge on any atom is 0.410 e. The van der Waals surface area contributed by atoms with Crippen molar-refractivity contribution < 1.29 is 14.0 Å². The molecule has 0 aromatic carbocycles. The highest BCUT2D eigenvalue weighted by atomic mass is 28.4. The topological polar surface area (TPSA) is 50.8 Å². The van der Waals surface area contributed by atoms with Crippen LogP contribution in [0.3, 0.4) is 0 Å². The van der Waals surface area contributed by atoms with E-state index in [0.717, 1.165) is 13.1 Å². The molecule has 1 aliphatic rings. The summed E-state index contributed by atoms with van der Waals surface area (Å²) in [6.45, 7) is 18.4. The zero-order chi connectivity index (χ0) is 16.3. The number of ether oxygens (including phenoxy) is 1. The van der Waals surface area contributed by atoms with E-state index >= 15 is 0 Å². The first-order valence-corrected chi connectivity index (χ1v) is 10.7. The minimum atomic E-state index is -1.82. The number of rotatable bonds is 4. The van der Waals surface area contributed by atoms with Crippen molar-refractivity contribution in [2.75, 3.05) is 32.8 Å². The van der Waals surface area contributed by atoms with Gasteiger partial charge in [0.05, 0.1) is 6.61 Å². The Hall–Kier alpha value is -0.593. The lowest BCUT2D eigenvalue weighted by molar-refractivity contribution is -0.0185. The highest BCUT2D eigenvalue weighted by Crippen LogP contribution is 2.37. The maximum absolute atomic E-state index is 12.2. The van der Waals surface area contributed by atoms with Gasteiger partial charge in [0.1, 0.15) is 5.60 Å². The average molecular weight is 317 g/mol. The lowest BCUT2D eigenvalue weighted by Crippen LogP contribution is -2.50. The van der Waals surface area contributed by atoms with Crippen LogP contribution in [0.25, 0.3) is 0 Å². The molecule has 0 spiro atoms. The predicted octanol–water partition coefficient (Wildman–Crippen LogP) is 2.83. The van der Waals surface area contributed by atoms with Crippen LogP contribution in [0.4, 0.5) is 4.79 Å². The summed E-state index contributed by atoms with van der Waals surface area (Å²) in [5, 5.41) is 3.38. The predicted molar refractivity (Wildman–Crippen MR) is 88.2 cm³/mol. The fourth-order valence-electron chi connectivity index (χ4n) is 1.75. The number of nitrogens with zero attached hydrogens (tertiary/aromatic N) is 1. The van der Waals surface area contributed by atoms with Crippen molar-refractivity contribution in [1.29, 1.82) is 0 Å². The minimum absolute atomic E-state index is 0.158. The second-order valence-corrected chi connectivity index (χ2v) is 12.7. The van der Waals surface area contributed by atoms with Gasteiger partial charge in [0.25, 0.3) is 0 Å². The molecule has 0 aliphatic carbocycles. The molecule has 1 heterocycles. The van der Waals surface area contributed by atoms with Gasteiger partial charge < -0.3 is 19.4 Å². The van der Waals surface area contributed by atoms with Gasteiger partial charge in [-0.3, -0.25) is 0 Å². The first-order chi connectivity index (χ1) is 9.45. The fourth-order valence-corrected chi connectivity index (χ4v) is 2.89. The van der Waals surface area contributed by atoms with Crippen LogP contribution in [0.1, 0.15) is 34.6 Å². The zero-order valence-electron chi connectivity index (χ0n) is 14.7. The SMILES string of the molecule is CC(C)(CO[Si](C)(C)C(C)(C)C)OC(=O)N1CCNCC1. The second kappa shape index (κ2) is 6.67. The van der Waals surface area contributed by atoms with Gasteiger partial charge in [0.15, 0.2) is 8.32 Å². The minimum Gasteiger partial charge on any atom is -0.441 e. The maximum atomic E-state index is 12.2. The van der Waals surface area contributed by atoms with Crippen LogP contribution < -0.4 is 5.32 Å². The molecule has 124 valence electrons. The summed E-state index contributed by atoms with van der Waals surface area (Å²) in [7, 11) is -1.82. The molecule has 1 amide bonds.